The maximum Gasteiger partial charge on any atom is 0.261 e. The van der Waals surface area contributed by atoms with Crippen molar-refractivity contribution in [2.75, 3.05) is 18.4 Å². The van der Waals surface area contributed by atoms with E-state index in [9.17, 15) is 9.59 Å². The van der Waals surface area contributed by atoms with Crippen LogP contribution in [0.4, 0.5) is 5.00 Å². The van der Waals surface area contributed by atoms with E-state index in [0.717, 1.165) is 30.1 Å². The Kier molecular flexibility index (Phi) is 5.21. The molecule has 2 aliphatic heterocycles. The highest BCUT2D eigenvalue weighted by Crippen LogP contribution is 2.30. The highest BCUT2D eigenvalue weighted by Gasteiger charge is 2.36. The van der Waals surface area contributed by atoms with Crippen LogP contribution in [-0.2, 0) is 4.79 Å². The topological polar surface area (TPSA) is 61.4 Å². The Bertz CT molecular complexity index is 662. The Hall–Kier alpha value is -1.40. The molecule has 6 heteroatoms. The molecular formula is C19H29N3O2S. The van der Waals surface area contributed by atoms with E-state index in [1.165, 1.54) is 30.6 Å². The average molecular weight is 364 g/mol. The number of anilines is 1. The number of hydrogen-bond donors (Lipinski definition) is 2. The van der Waals surface area contributed by atoms with Crippen LogP contribution in [0.2, 0.25) is 0 Å². The third-order valence-corrected chi connectivity index (χ3v) is 6.37. The number of piperidine rings is 1. The first-order chi connectivity index (χ1) is 11.8. The van der Waals surface area contributed by atoms with Gasteiger partial charge in [0.25, 0.3) is 5.91 Å². The number of aryl methyl sites for hydroxylation is 1. The van der Waals surface area contributed by atoms with Crippen molar-refractivity contribution in [1.29, 1.82) is 0 Å². The van der Waals surface area contributed by atoms with Crippen LogP contribution in [0.15, 0.2) is 6.07 Å². The number of nitrogens with one attached hydrogen (secondary N) is 2. The van der Waals surface area contributed by atoms with E-state index < -0.39 is 5.41 Å². The van der Waals surface area contributed by atoms with Crippen LogP contribution in [0, 0.1) is 12.3 Å². The summed E-state index contributed by atoms with van der Waals surface area (Å²) in [5.74, 6) is -0.0365. The van der Waals surface area contributed by atoms with E-state index in [4.69, 9.17) is 0 Å². The lowest BCUT2D eigenvalue weighted by Gasteiger charge is -2.32. The second kappa shape index (κ2) is 7.08. The van der Waals surface area contributed by atoms with Gasteiger partial charge in [-0.15, -0.1) is 11.3 Å². The molecule has 3 heterocycles. The molecule has 2 N–H and O–H groups in total. The fourth-order valence-electron chi connectivity index (χ4n) is 3.72. The number of fused-ring (bicyclic) bond motifs is 1. The van der Waals surface area contributed by atoms with Crippen molar-refractivity contribution in [3.63, 3.8) is 0 Å². The molecule has 0 saturated carbocycles. The lowest BCUT2D eigenvalue weighted by molar-refractivity contribution is -0.123. The summed E-state index contributed by atoms with van der Waals surface area (Å²) in [5, 5.41) is 6.92. The molecule has 0 radical (unpaired) electrons. The second-order valence-corrected chi connectivity index (χ2v) is 9.35. The number of carbonyl (C=O) groups excluding carboxylic acids is 2. The van der Waals surface area contributed by atoms with Crippen molar-refractivity contribution >= 4 is 28.2 Å². The quantitative estimate of drug-likeness (QED) is 0.865. The zero-order valence-corrected chi connectivity index (χ0v) is 16.5. The Morgan fingerprint density at radius 2 is 1.96 bits per heavy atom. The highest BCUT2D eigenvalue weighted by molar-refractivity contribution is 7.18. The number of rotatable bonds is 3. The van der Waals surface area contributed by atoms with Crippen LogP contribution in [0.1, 0.15) is 61.7 Å². The number of amides is 2. The Morgan fingerprint density at radius 1 is 1.20 bits per heavy atom. The molecule has 0 bridgehead atoms. The zero-order chi connectivity index (χ0) is 18.2. The van der Waals surface area contributed by atoms with E-state index in [2.05, 4.69) is 15.5 Å². The van der Waals surface area contributed by atoms with Crippen LogP contribution in [0.25, 0.3) is 0 Å². The minimum Gasteiger partial charge on any atom is -0.347 e. The largest absolute Gasteiger partial charge is 0.347 e. The molecule has 0 spiro atoms. The average Bonchev–Trinajstić information content (AvgIpc) is 3.10. The fraction of sp³-hybridized carbons (Fsp3) is 0.684. The van der Waals surface area contributed by atoms with Crippen molar-refractivity contribution in [2.24, 2.45) is 5.41 Å². The summed E-state index contributed by atoms with van der Waals surface area (Å²) in [6, 6.07) is 2.64. The van der Waals surface area contributed by atoms with Gasteiger partial charge in [-0.2, -0.15) is 0 Å². The molecule has 2 fully saturated rings. The molecule has 138 valence electrons. The molecule has 3 rings (SSSR count). The first-order valence-electron chi connectivity index (χ1n) is 9.22. The zero-order valence-electron chi connectivity index (χ0n) is 15.6. The summed E-state index contributed by atoms with van der Waals surface area (Å²) >= 11 is 1.37. The highest BCUT2D eigenvalue weighted by atomic mass is 32.1. The maximum absolute atomic E-state index is 12.8. The Balaban J connectivity index is 1.65. The molecule has 2 amide bonds. The minimum absolute atomic E-state index is 0.00354. The van der Waals surface area contributed by atoms with E-state index >= 15 is 0 Å². The van der Waals surface area contributed by atoms with Gasteiger partial charge >= 0.3 is 0 Å². The number of hydrogen-bond acceptors (Lipinski definition) is 4. The molecule has 5 nitrogen and oxygen atoms in total. The van der Waals surface area contributed by atoms with Gasteiger partial charge in [0.2, 0.25) is 5.91 Å². The van der Waals surface area contributed by atoms with Gasteiger partial charge in [0.05, 0.1) is 9.88 Å². The molecule has 25 heavy (non-hydrogen) atoms. The summed E-state index contributed by atoms with van der Waals surface area (Å²) in [6.07, 6.45) is 4.75. The summed E-state index contributed by atoms with van der Waals surface area (Å²) in [5.41, 5.74) is 0.472. The van der Waals surface area contributed by atoms with E-state index in [1.54, 1.807) is 0 Å². The van der Waals surface area contributed by atoms with Crippen molar-refractivity contribution in [1.82, 2.24) is 10.2 Å². The van der Waals surface area contributed by atoms with Crippen LogP contribution >= 0.6 is 11.3 Å². The molecule has 0 aliphatic carbocycles. The Morgan fingerprint density at radius 3 is 2.68 bits per heavy atom. The van der Waals surface area contributed by atoms with E-state index in [0.29, 0.717) is 10.9 Å². The SMILES string of the molecule is Cc1cc(NC(=O)C(C)(C)C)sc1C(=O)N[C@@H]1CCN2CCCC[C@@H]12. The third-order valence-electron chi connectivity index (χ3n) is 5.21. The summed E-state index contributed by atoms with van der Waals surface area (Å²) in [4.78, 5) is 28.1. The molecule has 2 saturated heterocycles. The van der Waals surface area contributed by atoms with Crippen LogP contribution in [-0.4, -0.2) is 41.9 Å². The lowest BCUT2D eigenvalue weighted by atomic mass is 9.96. The molecule has 1 aromatic heterocycles. The molecular weight excluding hydrogens is 334 g/mol. The predicted molar refractivity (Wildman–Crippen MR) is 102 cm³/mol. The lowest BCUT2D eigenvalue weighted by Crippen LogP contribution is -2.46. The minimum atomic E-state index is -0.450. The van der Waals surface area contributed by atoms with Crippen LogP contribution in [0.3, 0.4) is 0 Å². The Labute approximate surface area is 154 Å². The standard InChI is InChI=1S/C19H29N3O2S/c1-12-11-15(21-18(24)19(2,3)4)25-16(12)17(23)20-13-8-10-22-9-6-5-7-14(13)22/h11,13-14H,5-10H2,1-4H3,(H,20,23)(H,21,24)/t13-,14+/m1/s1. The van der Waals surface area contributed by atoms with Gasteiger partial charge in [0.15, 0.2) is 0 Å². The molecule has 2 aliphatic rings. The van der Waals surface area contributed by atoms with Gasteiger partial charge in [0.1, 0.15) is 0 Å². The van der Waals surface area contributed by atoms with Crippen molar-refractivity contribution in [3.05, 3.63) is 16.5 Å². The third kappa shape index (κ3) is 4.06. The van der Waals surface area contributed by atoms with Crippen LogP contribution in [0.5, 0.6) is 0 Å². The first kappa shape index (κ1) is 18.4. The molecule has 1 aromatic rings. The van der Waals surface area contributed by atoms with Gasteiger partial charge < -0.3 is 10.6 Å². The molecule has 0 aromatic carbocycles. The van der Waals surface area contributed by atoms with E-state index in [1.807, 2.05) is 33.8 Å². The predicted octanol–water partition coefficient (Wildman–Crippen LogP) is 3.40. The maximum atomic E-state index is 12.8. The number of thiophene rings is 1. The fourth-order valence-corrected chi connectivity index (χ4v) is 4.69. The van der Waals surface area contributed by atoms with Gasteiger partial charge in [-0.3, -0.25) is 14.5 Å². The summed E-state index contributed by atoms with van der Waals surface area (Å²) in [6.45, 7) is 9.83. The summed E-state index contributed by atoms with van der Waals surface area (Å²) in [7, 11) is 0. The number of carbonyl (C=O) groups is 2. The van der Waals surface area contributed by atoms with Gasteiger partial charge in [-0.05, 0) is 44.4 Å². The van der Waals surface area contributed by atoms with Crippen molar-refractivity contribution in [2.45, 2.75) is 65.5 Å². The van der Waals surface area contributed by atoms with Gasteiger partial charge in [-0.1, -0.05) is 27.2 Å². The van der Waals surface area contributed by atoms with Gasteiger partial charge in [-0.25, -0.2) is 0 Å². The van der Waals surface area contributed by atoms with Crippen LogP contribution < -0.4 is 10.6 Å². The monoisotopic (exact) mass is 363 g/mol. The van der Waals surface area contributed by atoms with Crippen molar-refractivity contribution in [3.8, 4) is 0 Å². The molecule has 2 atom stereocenters. The van der Waals surface area contributed by atoms with E-state index in [-0.39, 0.29) is 17.9 Å². The summed E-state index contributed by atoms with van der Waals surface area (Å²) < 4.78 is 0. The first-order valence-corrected chi connectivity index (χ1v) is 10.0. The number of nitrogens with zero attached hydrogens (tertiary/aromatic N) is 1. The molecule has 0 unspecified atom stereocenters. The van der Waals surface area contributed by atoms with Gasteiger partial charge in [0, 0.05) is 24.0 Å². The smallest absolute Gasteiger partial charge is 0.261 e. The normalized spacial score (nSPS) is 24.0. The van der Waals surface area contributed by atoms with Crippen molar-refractivity contribution < 1.29 is 9.59 Å². The second-order valence-electron chi connectivity index (χ2n) is 8.29.